The fourth-order valence-electron chi connectivity index (χ4n) is 3.58. The number of nitrogens with zero attached hydrogens (tertiary/aromatic N) is 1. The lowest BCUT2D eigenvalue weighted by atomic mass is 9.80. The Kier molecular flexibility index (Phi) is 4.13. The highest BCUT2D eigenvalue weighted by atomic mass is 15.1. The highest BCUT2D eigenvalue weighted by molar-refractivity contribution is 5.35. The van der Waals surface area contributed by atoms with Gasteiger partial charge in [0, 0.05) is 13.1 Å². The van der Waals surface area contributed by atoms with Gasteiger partial charge < -0.3 is 10.2 Å². The smallest absolute Gasteiger partial charge is 0.0205 e. The molecule has 0 radical (unpaired) electrons. The van der Waals surface area contributed by atoms with Crippen LogP contribution in [0.5, 0.6) is 0 Å². The Bertz CT molecular complexity index is 458. The third-order valence-corrected chi connectivity index (χ3v) is 5.24. The van der Waals surface area contributed by atoms with Crippen molar-refractivity contribution in [3.8, 4) is 0 Å². The van der Waals surface area contributed by atoms with Gasteiger partial charge >= 0.3 is 0 Å². The first-order chi connectivity index (χ1) is 9.65. The van der Waals surface area contributed by atoms with Crippen molar-refractivity contribution < 1.29 is 0 Å². The van der Waals surface area contributed by atoms with E-state index in [1.165, 1.54) is 50.8 Å². The molecule has 1 fully saturated rings. The number of rotatable bonds is 4. The molecule has 0 saturated carbocycles. The Labute approximate surface area is 123 Å². The van der Waals surface area contributed by atoms with Crippen molar-refractivity contribution in [1.82, 2.24) is 10.2 Å². The maximum Gasteiger partial charge on any atom is 0.0205 e. The standard InChI is InChI=1S/C18H28N2/c1-18(8-10-20(2)11-9-18)14-19-13-15-6-7-16-4-3-5-17(16)12-15/h6-7,12,19H,3-5,8-11,13-14H2,1-2H3. The van der Waals surface area contributed by atoms with Crippen LogP contribution in [-0.4, -0.2) is 31.6 Å². The normalized spacial score (nSPS) is 21.9. The molecule has 1 aliphatic carbocycles. The minimum Gasteiger partial charge on any atom is -0.312 e. The van der Waals surface area contributed by atoms with E-state index in [9.17, 15) is 0 Å². The van der Waals surface area contributed by atoms with Crippen LogP contribution in [0, 0.1) is 5.41 Å². The van der Waals surface area contributed by atoms with Crippen molar-refractivity contribution in [1.29, 1.82) is 0 Å². The summed E-state index contributed by atoms with van der Waals surface area (Å²) >= 11 is 0. The summed E-state index contributed by atoms with van der Waals surface area (Å²) < 4.78 is 0. The Morgan fingerprint density at radius 3 is 2.70 bits per heavy atom. The average molecular weight is 272 g/mol. The molecular weight excluding hydrogens is 244 g/mol. The van der Waals surface area contributed by atoms with Crippen LogP contribution in [0.4, 0.5) is 0 Å². The Hall–Kier alpha value is -0.860. The summed E-state index contributed by atoms with van der Waals surface area (Å²) in [5.74, 6) is 0. The number of fused-ring (bicyclic) bond motifs is 1. The second kappa shape index (κ2) is 5.87. The zero-order valence-electron chi connectivity index (χ0n) is 13.0. The third-order valence-electron chi connectivity index (χ3n) is 5.24. The van der Waals surface area contributed by atoms with Gasteiger partial charge in [0.25, 0.3) is 0 Å². The van der Waals surface area contributed by atoms with Gasteiger partial charge in [-0.05, 0) is 74.3 Å². The summed E-state index contributed by atoms with van der Waals surface area (Å²) in [6.45, 7) is 7.11. The summed E-state index contributed by atoms with van der Waals surface area (Å²) in [5, 5.41) is 3.70. The second-order valence-corrected chi connectivity index (χ2v) is 7.17. The van der Waals surface area contributed by atoms with Crippen LogP contribution in [0.15, 0.2) is 18.2 Å². The quantitative estimate of drug-likeness (QED) is 0.906. The predicted octanol–water partition coefficient (Wildman–Crippen LogP) is 3.00. The maximum atomic E-state index is 3.70. The molecule has 0 atom stereocenters. The largest absolute Gasteiger partial charge is 0.312 e. The zero-order valence-corrected chi connectivity index (χ0v) is 13.0. The molecular formula is C18H28N2. The first kappa shape index (κ1) is 14.1. The second-order valence-electron chi connectivity index (χ2n) is 7.17. The molecule has 3 rings (SSSR count). The number of piperidine rings is 1. The molecule has 1 saturated heterocycles. The molecule has 20 heavy (non-hydrogen) atoms. The molecule has 110 valence electrons. The monoisotopic (exact) mass is 272 g/mol. The Balaban J connectivity index is 1.50. The summed E-state index contributed by atoms with van der Waals surface area (Å²) in [5.41, 5.74) is 5.12. The van der Waals surface area contributed by atoms with Crippen molar-refractivity contribution in [3.63, 3.8) is 0 Å². The molecule has 2 aliphatic rings. The average Bonchev–Trinajstić information content (AvgIpc) is 2.90. The fourth-order valence-corrected chi connectivity index (χ4v) is 3.58. The first-order valence-electron chi connectivity index (χ1n) is 8.15. The lowest BCUT2D eigenvalue weighted by molar-refractivity contribution is 0.137. The van der Waals surface area contributed by atoms with Crippen molar-refractivity contribution >= 4 is 0 Å². The fraction of sp³-hybridized carbons (Fsp3) is 0.667. The summed E-state index contributed by atoms with van der Waals surface area (Å²) in [4.78, 5) is 2.45. The molecule has 0 unspecified atom stereocenters. The van der Waals surface area contributed by atoms with E-state index in [0.29, 0.717) is 5.41 Å². The Morgan fingerprint density at radius 2 is 1.90 bits per heavy atom. The molecule has 1 N–H and O–H groups in total. The van der Waals surface area contributed by atoms with Gasteiger partial charge in [0.1, 0.15) is 0 Å². The summed E-state index contributed by atoms with van der Waals surface area (Å²) in [6.07, 6.45) is 6.56. The number of hydrogen-bond acceptors (Lipinski definition) is 2. The molecule has 1 aliphatic heterocycles. The van der Waals surface area contributed by atoms with Gasteiger partial charge in [-0.2, -0.15) is 0 Å². The van der Waals surface area contributed by atoms with Crippen LogP contribution in [-0.2, 0) is 19.4 Å². The molecule has 0 aromatic heterocycles. The van der Waals surface area contributed by atoms with E-state index in [2.05, 4.69) is 42.4 Å². The Morgan fingerprint density at radius 1 is 1.15 bits per heavy atom. The summed E-state index contributed by atoms with van der Waals surface area (Å²) in [7, 11) is 2.23. The molecule has 0 bridgehead atoms. The predicted molar refractivity (Wildman–Crippen MR) is 85.0 cm³/mol. The topological polar surface area (TPSA) is 15.3 Å². The van der Waals surface area contributed by atoms with Crippen molar-refractivity contribution in [2.45, 2.75) is 45.6 Å². The van der Waals surface area contributed by atoms with Gasteiger partial charge in [-0.1, -0.05) is 25.1 Å². The molecule has 2 nitrogen and oxygen atoms in total. The van der Waals surface area contributed by atoms with E-state index in [0.717, 1.165) is 13.1 Å². The van der Waals surface area contributed by atoms with Crippen LogP contribution in [0.2, 0.25) is 0 Å². The number of aryl methyl sites for hydroxylation is 2. The van der Waals surface area contributed by atoms with Crippen molar-refractivity contribution in [3.05, 3.63) is 34.9 Å². The SMILES string of the molecule is CN1CCC(C)(CNCc2ccc3c(c2)CCC3)CC1. The van der Waals surface area contributed by atoms with Gasteiger partial charge in [-0.15, -0.1) is 0 Å². The van der Waals surface area contributed by atoms with Gasteiger partial charge in [-0.25, -0.2) is 0 Å². The molecule has 1 aromatic carbocycles. The van der Waals surface area contributed by atoms with Crippen LogP contribution in [0.3, 0.4) is 0 Å². The number of hydrogen-bond donors (Lipinski definition) is 1. The number of benzene rings is 1. The van der Waals surface area contributed by atoms with E-state index in [-0.39, 0.29) is 0 Å². The van der Waals surface area contributed by atoms with E-state index in [1.807, 2.05) is 0 Å². The third kappa shape index (κ3) is 3.24. The van der Waals surface area contributed by atoms with Gasteiger partial charge in [0.15, 0.2) is 0 Å². The van der Waals surface area contributed by atoms with Crippen LogP contribution >= 0.6 is 0 Å². The molecule has 2 heteroatoms. The molecule has 0 spiro atoms. The lowest BCUT2D eigenvalue weighted by Crippen LogP contribution is -2.41. The number of likely N-dealkylation sites (tertiary alicyclic amines) is 1. The molecule has 0 amide bonds. The van der Waals surface area contributed by atoms with Crippen LogP contribution in [0.25, 0.3) is 0 Å². The van der Waals surface area contributed by atoms with Crippen LogP contribution in [0.1, 0.15) is 42.9 Å². The highest BCUT2D eigenvalue weighted by Crippen LogP contribution is 2.29. The van der Waals surface area contributed by atoms with Crippen molar-refractivity contribution in [2.24, 2.45) is 5.41 Å². The van der Waals surface area contributed by atoms with E-state index in [4.69, 9.17) is 0 Å². The number of nitrogens with one attached hydrogen (secondary N) is 1. The highest BCUT2D eigenvalue weighted by Gasteiger charge is 2.28. The van der Waals surface area contributed by atoms with E-state index in [1.54, 1.807) is 11.1 Å². The maximum absolute atomic E-state index is 3.70. The molecule has 1 aromatic rings. The summed E-state index contributed by atoms with van der Waals surface area (Å²) in [6, 6.07) is 7.08. The molecule has 1 heterocycles. The van der Waals surface area contributed by atoms with Gasteiger partial charge in [-0.3, -0.25) is 0 Å². The minimum absolute atomic E-state index is 0.489. The lowest BCUT2D eigenvalue weighted by Gasteiger charge is -2.38. The van der Waals surface area contributed by atoms with Gasteiger partial charge in [0.05, 0.1) is 0 Å². The van der Waals surface area contributed by atoms with E-state index >= 15 is 0 Å². The minimum atomic E-state index is 0.489. The van der Waals surface area contributed by atoms with Crippen molar-refractivity contribution in [2.75, 3.05) is 26.7 Å². The van der Waals surface area contributed by atoms with Gasteiger partial charge in [0.2, 0.25) is 0 Å². The van der Waals surface area contributed by atoms with E-state index < -0.39 is 0 Å². The van der Waals surface area contributed by atoms with Crippen LogP contribution < -0.4 is 5.32 Å². The first-order valence-corrected chi connectivity index (χ1v) is 8.15. The zero-order chi connectivity index (χ0) is 14.0.